The summed E-state index contributed by atoms with van der Waals surface area (Å²) in [5.74, 6) is -2.31. The summed E-state index contributed by atoms with van der Waals surface area (Å²) in [5, 5.41) is 0. The molecule has 0 amide bonds. The second-order valence-corrected chi connectivity index (χ2v) is 3.67. The van der Waals surface area contributed by atoms with E-state index < -0.39 is 23.5 Å². The average Bonchev–Trinajstić information content (AvgIpc) is 2.33. The van der Waals surface area contributed by atoms with Crippen LogP contribution in [0.5, 0.6) is 0 Å². The summed E-state index contributed by atoms with van der Waals surface area (Å²) in [6, 6.07) is 8.36. The largest absolute Gasteiger partial charge is 0.320 e. The standard InChI is InChI=1S/C13H10F3N/c14-9-6-4-8(5-7-9)13(17)10-2-1-3-11(15)12(10)16/h1-7,13H,17H2. The zero-order valence-electron chi connectivity index (χ0n) is 8.83. The molecular formula is C13H10F3N. The van der Waals surface area contributed by atoms with E-state index in [1.807, 2.05) is 0 Å². The molecule has 0 radical (unpaired) electrons. The molecule has 0 aromatic heterocycles. The van der Waals surface area contributed by atoms with Crippen molar-refractivity contribution in [2.45, 2.75) is 6.04 Å². The molecule has 2 N–H and O–H groups in total. The van der Waals surface area contributed by atoms with Crippen molar-refractivity contribution in [3.05, 3.63) is 71.0 Å². The molecule has 0 fully saturated rings. The SMILES string of the molecule is NC(c1ccc(F)cc1)c1cccc(F)c1F. The maximum Gasteiger partial charge on any atom is 0.163 e. The van der Waals surface area contributed by atoms with Gasteiger partial charge in [-0.25, -0.2) is 13.2 Å². The molecule has 0 aliphatic heterocycles. The third kappa shape index (κ3) is 2.31. The number of rotatable bonds is 2. The maximum absolute atomic E-state index is 13.5. The quantitative estimate of drug-likeness (QED) is 0.853. The topological polar surface area (TPSA) is 26.0 Å². The highest BCUT2D eigenvalue weighted by atomic mass is 19.2. The van der Waals surface area contributed by atoms with Crippen molar-refractivity contribution in [1.29, 1.82) is 0 Å². The van der Waals surface area contributed by atoms with E-state index in [1.165, 1.54) is 36.4 Å². The molecule has 0 saturated carbocycles. The minimum absolute atomic E-state index is 0.0524. The van der Waals surface area contributed by atoms with Crippen LogP contribution in [0.15, 0.2) is 42.5 Å². The van der Waals surface area contributed by atoms with E-state index in [2.05, 4.69) is 0 Å². The van der Waals surface area contributed by atoms with Gasteiger partial charge in [0.1, 0.15) is 5.82 Å². The lowest BCUT2D eigenvalue weighted by Crippen LogP contribution is -2.14. The van der Waals surface area contributed by atoms with Crippen LogP contribution < -0.4 is 5.73 Å². The van der Waals surface area contributed by atoms with Crippen LogP contribution in [-0.4, -0.2) is 0 Å². The normalized spacial score (nSPS) is 12.5. The van der Waals surface area contributed by atoms with Crippen LogP contribution in [0.4, 0.5) is 13.2 Å². The molecule has 1 nitrogen and oxygen atoms in total. The fourth-order valence-corrected chi connectivity index (χ4v) is 1.61. The van der Waals surface area contributed by atoms with Gasteiger partial charge in [-0.1, -0.05) is 24.3 Å². The van der Waals surface area contributed by atoms with Gasteiger partial charge >= 0.3 is 0 Å². The highest BCUT2D eigenvalue weighted by molar-refractivity contribution is 5.32. The van der Waals surface area contributed by atoms with Gasteiger partial charge in [0.15, 0.2) is 11.6 Å². The van der Waals surface area contributed by atoms with Gasteiger partial charge < -0.3 is 5.73 Å². The summed E-state index contributed by atoms with van der Waals surface area (Å²) in [6.07, 6.45) is 0. The monoisotopic (exact) mass is 237 g/mol. The Hall–Kier alpha value is -1.81. The van der Waals surface area contributed by atoms with Crippen LogP contribution >= 0.6 is 0 Å². The smallest absolute Gasteiger partial charge is 0.163 e. The molecule has 2 aromatic rings. The van der Waals surface area contributed by atoms with Crippen LogP contribution in [0.3, 0.4) is 0 Å². The highest BCUT2D eigenvalue weighted by Gasteiger charge is 2.16. The number of hydrogen-bond acceptors (Lipinski definition) is 1. The molecule has 4 heteroatoms. The first-order valence-corrected chi connectivity index (χ1v) is 5.04. The van der Waals surface area contributed by atoms with E-state index in [4.69, 9.17) is 5.73 Å². The van der Waals surface area contributed by atoms with Crippen molar-refractivity contribution < 1.29 is 13.2 Å². The molecule has 2 rings (SSSR count). The zero-order chi connectivity index (χ0) is 12.4. The average molecular weight is 237 g/mol. The molecule has 88 valence electrons. The molecule has 0 aliphatic rings. The van der Waals surface area contributed by atoms with Crippen molar-refractivity contribution in [3.8, 4) is 0 Å². The van der Waals surface area contributed by atoms with Gasteiger partial charge in [-0.15, -0.1) is 0 Å². The van der Waals surface area contributed by atoms with Crippen molar-refractivity contribution >= 4 is 0 Å². The van der Waals surface area contributed by atoms with E-state index >= 15 is 0 Å². The van der Waals surface area contributed by atoms with Gasteiger partial charge in [-0.05, 0) is 23.8 Å². The second-order valence-electron chi connectivity index (χ2n) is 3.67. The molecule has 1 unspecified atom stereocenters. The van der Waals surface area contributed by atoms with Crippen LogP contribution in [0.25, 0.3) is 0 Å². The van der Waals surface area contributed by atoms with E-state index in [-0.39, 0.29) is 5.56 Å². The Kier molecular flexibility index (Phi) is 3.15. The summed E-state index contributed by atoms with van der Waals surface area (Å²) >= 11 is 0. The van der Waals surface area contributed by atoms with Gasteiger partial charge in [0, 0.05) is 5.56 Å². The lowest BCUT2D eigenvalue weighted by Gasteiger charge is -2.13. The molecule has 17 heavy (non-hydrogen) atoms. The second kappa shape index (κ2) is 4.59. The first-order chi connectivity index (χ1) is 8.09. The Morgan fingerprint density at radius 3 is 2.18 bits per heavy atom. The third-order valence-electron chi connectivity index (χ3n) is 2.55. The summed E-state index contributed by atoms with van der Waals surface area (Å²) in [6.45, 7) is 0. The van der Waals surface area contributed by atoms with Crippen LogP contribution in [-0.2, 0) is 0 Å². The summed E-state index contributed by atoms with van der Waals surface area (Å²) < 4.78 is 39.2. The van der Waals surface area contributed by atoms with Crippen molar-refractivity contribution in [1.82, 2.24) is 0 Å². The first-order valence-electron chi connectivity index (χ1n) is 5.04. The lowest BCUT2D eigenvalue weighted by molar-refractivity contribution is 0.494. The molecule has 0 bridgehead atoms. The Morgan fingerprint density at radius 2 is 1.53 bits per heavy atom. The van der Waals surface area contributed by atoms with Crippen molar-refractivity contribution in [2.75, 3.05) is 0 Å². The summed E-state index contributed by atoms with van der Waals surface area (Å²) in [7, 11) is 0. The van der Waals surface area contributed by atoms with E-state index in [0.717, 1.165) is 6.07 Å². The predicted octanol–water partition coefficient (Wildman–Crippen LogP) is 3.15. The van der Waals surface area contributed by atoms with Crippen molar-refractivity contribution in [3.63, 3.8) is 0 Å². The summed E-state index contributed by atoms with van der Waals surface area (Å²) in [4.78, 5) is 0. The van der Waals surface area contributed by atoms with Crippen LogP contribution in [0.1, 0.15) is 17.2 Å². The Morgan fingerprint density at radius 1 is 0.882 bits per heavy atom. The highest BCUT2D eigenvalue weighted by Crippen LogP contribution is 2.23. The van der Waals surface area contributed by atoms with Crippen LogP contribution in [0.2, 0.25) is 0 Å². The third-order valence-corrected chi connectivity index (χ3v) is 2.55. The first kappa shape index (κ1) is 11.7. The van der Waals surface area contributed by atoms with Gasteiger partial charge in [-0.3, -0.25) is 0 Å². The van der Waals surface area contributed by atoms with E-state index in [9.17, 15) is 13.2 Å². The number of nitrogens with two attached hydrogens (primary N) is 1. The van der Waals surface area contributed by atoms with Crippen molar-refractivity contribution in [2.24, 2.45) is 5.73 Å². The molecule has 2 aromatic carbocycles. The maximum atomic E-state index is 13.5. The minimum atomic E-state index is -0.968. The van der Waals surface area contributed by atoms with Gasteiger partial charge in [-0.2, -0.15) is 0 Å². The fourth-order valence-electron chi connectivity index (χ4n) is 1.61. The van der Waals surface area contributed by atoms with E-state index in [0.29, 0.717) is 5.56 Å². The molecule has 0 spiro atoms. The van der Waals surface area contributed by atoms with Gasteiger partial charge in [0.2, 0.25) is 0 Å². The Bertz CT molecular complexity index is 523. The molecular weight excluding hydrogens is 227 g/mol. The number of hydrogen-bond donors (Lipinski definition) is 1. The summed E-state index contributed by atoms with van der Waals surface area (Å²) in [5.41, 5.74) is 6.38. The molecule has 0 aliphatic carbocycles. The van der Waals surface area contributed by atoms with Gasteiger partial charge in [0.25, 0.3) is 0 Å². The van der Waals surface area contributed by atoms with Gasteiger partial charge in [0.05, 0.1) is 6.04 Å². The Balaban J connectivity index is 2.40. The zero-order valence-corrected chi connectivity index (χ0v) is 8.83. The van der Waals surface area contributed by atoms with E-state index in [1.54, 1.807) is 0 Å². The Labute approximate surface area is 96.7 Å². The minimum Gasteiger partial charge on any atom is -0.320 e. The van der Waals surface area contributed by atoms with Crippen LogP contribution in [0, 0.1) is 17.5 Å². The molecule has 1 atom stereocenters. The molecule has 0 saturated heterocycles. The number of benzene rings is 2. The fraction of sp³-hybridized carbons (Fsp3) is 0.0769. The predicted molar refractivity (Wildman–Crippen MR) is 58.8 cm³/mol. The molecule has 0 heterocycles. The number of halogens is 3. The lowest BCUT2D eigenvalue weighted by atomic mass is 9.99.